The van der Waals surface area contributed by atoms with Crippen molar-refractivity contribution in [2.24, 2.45) is 46.3 Å². The normalized spacial score (nSPS) is 57.8. The van der Waals surface area contributed by atoms with Gasteiger partial charge >= 0.3 is 0 Å². The highest BCUT2D eigenvalue weighted by Crippen LogP contribution is 2.71. The van der Waals surface area contributed by atoms with Crippen LogP contribution >= 0.6 is 0 Å². The zero-order valence-corrected chi connectivity index (χ0v) is 42.5. The van der Waals surface area contributed by atoms with Crippen molar-refractivity contribution in [1.29, 1.82) is 0 Å². The molecule has 0 aromatic heterocycles. The fourth-order valence-electron chi connectivity index (χ4n) is 15.5. The van der Waals surface area contributed by atoms with Crippen LogP contribution in [0.25, 0.3) is 0 Å². The van der Waals surface area contributed by atoms with Crippen molar-refractivity contribution in [3.05, 3.63) is 11.6 Å². The molecule has 0 bridgehead atoms. The summed E-state index contributed by atoms with van der Waals surface area (Å²) < 4.78 is 68.4. The van der Waals surface area contributed by atoms with Gasteiger partial charge in [0.05, 0.1) is 37.6 Å². The Kier molecular flexibility index (Phi) is 15.5. The molecule has 10 N–H and O–H groups in total. The summed E-state index contributed by atoms with van der Waals surface area (Å²) in [6.07, 6.45) is -19.3. The van der Waals surface area contributed by atoms with Gasteiger partial charge in [-0.1, -0.05) is 39.3 Å². The van der Waals surface area contributed by atoms with E-state index in [4.69, 9.17) is 52.1 Å². The van der Waals surface area contributed by atoms with Crippen LogP contribution in [-0.4, -0.2) is 212 Å². The van der Waals surface area contributed by atoms with Crippen LogP contribution in [0.1, 0.15) is 99.3 Å². The van der Waals surface area contributed by atoms with Crippen LogP contribution in [-0.2, 0) is 52.1 Å². The maximum Gasteiger partial charge on any atom is 0.187 e. The number of hydrogen-bond donors (Lipinski definition) is 10. The largest absolute Gasteiger partial charge is 0.394 e. The molecule has 1 spiro atoms. The number of methoxy groups -OCH3 is 1. The zero-order chi connectivity index (χ0) is 51.5. The minimum atomic E-state index is -1.78. The molecule has 10 rings (SSSR count). The van der Waals surface area contributed by atoms with Crippen molar-refractivity contribution in [3.8, 4) is 0 Å². The molecule has 0 amide bonds. The molecule has 9 fully saturated rings. The molecule has 6 saturated heterocycles. The molecular formula is C51H82O21. The van der Waals surface area contributed by atoms with Gasteiger partial charge in [-0.25, -0.2) is 0 Å². The van der Waals surface area contributed by atoms with Crippen molar-refractivity contribution >= 4 is 0 Å². The maximum absolute atomic E-state index is 12.4. The summed E-state index contributed by atoms with van der Waals surface area (Å²) in [5.41, 5.74) is 1.33. The zero-order valence-electron chi connectivity index (χ0n) is 42.5. The highest BCUT2D eigenvalue weighted by Gasteiger charge is 2.69. The maximum atomic E-state index is 12.4. The van der Waals surface area contributed by atoms with E-state index >= 15 is 0 Å². The first-order chi connectivity index (χ1) is 34.1. The van der Waals surface area contributed by atoms with Gasteiger partial charge in [-0.3, -0.25) is 0 Å². The van der Waals surface area contributed by atoms with Crippen molar-refractivity contribution in [2.75, 3.05) is 20.3 Å². The number of aliphatic hydroxyl groups is 10. The lowest BCUT2D eigenvalue weighted by molar-refractivity contribution is -0.397. The SMILES string of the molecule is CO[C@@H]1O[C@]2(CC[C@H]1C)O[C@H]1C[C@@H]3[C@@H]4CC=C5C[C@@H](O[C@@H]6O[C@H](CO)[C@@H](O[C@@H]7O[C@@H](C)[C@H](O)[C@@H](O)[C@H]7O[C@@H]7OC[C@@H](O)[C@H](O)[C@H]7O)[C@H](O)[C@H]6O[C@@H]6O[C@@H](C)[C@H](O)[C@@H](O)[C@H]6O)CC[C@]5(C)[C@H]4CC[C@]3(C)[C@H]1[C@@H]2C. The van der Waals surface area contributed by atoms with E-state index in [-0.39, 0.29) is 29.1 Å². The molecule has 21 nitrogen and oxygen atoms in total. The van der Waals surface area contributed by atoms with E-state index in [2.05, 4.69) is 33.8 Å². The lowest BCUT2D eigenvalue weighted by Crippen LogP contribution is -2.67. The Morgan fingerprint density at radius 1 is 0.625 bits per heavy atom. The summed E-state index contributed by atoms with van der Waals surface area (Å²) in [6, 6.07) is 0. The lowest BCUT2D eigenvalue weighted by Gasteiger charge is -2.59. The number of hydrogen-bond acceptors (Lipinski definition) is 21. The fraction of sp³-hybridized carbons (Fsp3) is 0.961. The number of rotatable bonds is 10. The second kappa shape index (κ2) is 20.6. The van der Waals surface area contributed by atoms with E-state index in [0.29, 0.717) is 42.4 Å². The van der Waals surface area contributed by atoms with E-state index in [9.17, 15) is 51.1 Å². The highest BCUT2D eigenvalue weighted by molar-refractivity contribution is 5.26. The number of ether oxygens (including phenoxy) is 11. The topological polar surface area (TPSA) is 304 Å². The number of fused-ring (bicyclic) bond motifs is 7. The third kappa shape index (κ3) is 9.09. The van der Waals surface area contributed by atoms with Gasteiger partial charge in [0.1, 0.15) is 79.4 Å². The Balaban J connectivity index is 0.862. The third-order valence-corrected chi connectivity index (χ3v) is 19.7. The first-order valence-corrected chi connectivity index (χ1v) is 26.7. The molecule has 10 aliphatic rings. The smallest absolute Gasteiger partial charge is 0.187 e. The quantitative estimate of drug-likeness (QED) is 0.125. The number of aliphatic hydroxyl groups excluding tert-OH is 10. The Morgan fingerprint density at radius 3 is 2.00 bits per heavy atom. The summed E-state index contributed by atoms with van der Waals surface area (Å²) in [4.78, 5) is 0. The van der Waals surface area contributed by atoms with E-state index in [1.54, 1.807) is 7.11 Å². The van der Waals surface area contributed by atoms with Crippen LogP contribution in [0.3, 0.4) is 0 Å². The van der Waals surface area contributed by atoms with E-state index in [1.165, 1.54) is 19.4 Å². The van der Waals surface area contributed by atoms with Gasteiger partial charge in [-0.2, -0.15) is 0 Å². The molecule has 0 unspecified atom stereocenters. The summed E-state index contributed by atoms with van der Waals surface area (Å²) in [7, 11) is 1.72. The summed E-state index contributed by atoms with van der Waals surface area (Å²) in [5, 5.41) is 109. The molecule has 21 heteroatoms. The van der Waals surface area contributed by atoms with Crippen LogP contribution in [0.5, 0.6) is 0 Å². The lowest BCUT2D eigenvalue weighted by atomic mass is 9.47. The summed E-state index contributed by atoms with van der Waals surface area (Å²) in [5.74, 6) is 1.79. The predicted octanol–water partition coefficient (Wildman–Crippen LogP) is -0.322. The average molecular weight is 1030 g/mol. The molecule has 0 aromatic rings. The van der Waals surface area contributed by atoms with Crippen molar-refractivity contribution in [3.63, 3.8) is 0 Å². The van der Waals surface area contributed by atoms with Crippen LogP contribution < -0.4 is 0 Å². The van der Waals surface area contributed by atoms with Gasteiger partial charge in [-0.05, 0) is 99.7 Å². The molecule has 3 saturated carbocycles. The third-order valence-electron chi connectivity index (χ3n) is 19.7. The Morgan fingerprint density at radius 2 is 1.28 bits per heavy atom. The molecular weight excluding hydrogens is 949 g/mol. The Labute approximate surface area is 420 Å². The van der Waals surface area contributed by atoms with Crippen LogP contribution in [0.4, 0.5) is 0 Å². The second-order valence-electron chi connectivity index (χ2n) is 23.7. The molecule has 412 valence electrons. The van der Waals surface area contributed by atoms with E-state index in [0.717, 1.165) is 44.9 Å². The fourth-order valence-corrected chi connectivity index (χ4v) is 15.5. The predicted molar refractivity (Wildman–Crippen MR) is 245 cm³/mol. The molecule has 72 heavy (non-hydrogen) atoms. The number of allylic oxidation sites excluding steroid dienone is 1. The molecule has 6 heterocycles. The van der Waals surface area contributed by atoms with Gasteiger partial charge in [0.15, 0.2) is 37.2 Å². The summed E-state index contributed by atoms with van der Waals surface area (Å²) >= 11 is 0. The van der Waals surface area contributed by atoms with Crippen LogP contribution in [0.15, 0.2) is 11.6 Å². The standard InChI is InChI=1S/C51H82O21/c1-20-10-15-51(72-44(20)62-7)21(2)32-30(71-51)17-28-26-9-8-24-16-25(11-13-49(24,5)27(26)12-14-50(28,32)6)66-48-43(70-46-39(60)36(57)33(54)22(3)64-46)40(61)41(31(18-52)67-48)68-47-42(37(58)34(55)23(4)65-47)69-45-38(59)35(56)29(53)19-63-45/h8,20-23,25-48,52-61H,9-19H2,1-7H3/t20-,21+,22+,23+,25+,26-,27+,28-,29-,30+,31-,32+,33+,34+,35+,36-,37-,38-,39-,40+,41-,42-,43-,44-,45+,46+,47+,48-,49+,50+,51+/m1/s1. The van der Waals surface area contributed by atoms with Crippen molar-refractivity contribution < 1.29 is 103 Å². The van der Waals surface area contributed by atoms with Crippen molar-refractivity contribution in [1.82, 2.24) is 0 Å². The second-order valence-corrected chi connectivity index (χ2v) is 23.7. The van der Waals surface area contributed by atoms with Gasteiger partial charge in [0.2, 0.25) is 0 Å². The van der Waals surface area contributed by atoms with Crippen LogP contribution in [0, 0.1) is 46.3 Å². The first kappa shape index (κ1) is 54.3. The molecule has 0 aromatic carbocycles. The average Bonchev–Trinajstić information content (AvgIpc) is 3.81. The minimum Gasteiger partial charge on any atom is -0.394 e. The van der Waals surface area contributed by atoms with E-state index in [1.807, 2.05) is 0 Å². The van der Waals surface area contributed by atoms with Crippen molar-refractivity contribution in [2.45, 2.75) is 240 Å². The van der Waals surface area contributed by atoms with Gasteiger partial charge in [0, 0.05) is 25.4 Å². The highest BCUT2D eigenvalue weighted by atomic mass is 16.8. The summed E-state index contributed by atoms with van der Waals surface area (Å²) in [6.45, 7) is 11.2. The molecule has 31 atom stereocenters. The molecule has 4 aliphatic carbocycles. The monoisotopic (exact) mass is 1030 g/mol. The minimum absolute atomic E-state index is 0.0864. The first-order valence-electron chi connectivity index (χ1n) is 26.7. The van der Waals surface area contributed by atoms with E-state index < -0.39 is 142 Å². The Hall–Kier alpha value is -1.10. The van der Waals surface area contributed by atoms with Crippen LogP contribution in [0.2, 0.25) is 0 Å². The van der Waals surface area contributed by atoms with Gasteiger partial charge in [-0.15, -0.1) is 0 Å². The van der Waals surface area contributed by atoms with Gasteiger partial charge in [0.25, 0.3) is 0 Å². The molecule has 6 aliphatic heterocycles. The van der Waals surface area contributed by atoms with Gasteiger partial charge < -0.3 is 103 Å². The molecule has 0 radical (unpaired) electrons. The Bertz CT molecular complexity index is 1920.